The largest absolute Gasteiger partial charge is 0.469 e. The van der Waals surface area contributed by atoms with Crippen LogP contribution in [-0.2, 0) is 13.8 Å². The van der Waals surface area contributed by atoms with Crippen molar-refractivity contribution in [2.75, 3.05) is 13.2 Å². The lowest BCUT2D eigenvalue weighted by Gasteiger charge is -2.14. The molecule has 9 heteroatoms. The van der Waals surface area contributed by atoms with E-state index in [-0.39, 0.29) is 0 Å². The lowest BCUT2D eigenvalue weighted by atomic mass is 10.1. The molecule has 1 saturated heterocycles. The normalized spacial score (nSPS) is 37.1. The monoisotopic (exact) mass is 244 g/mol. The van der Waals surface area contributed by atoms with E-state index in [4.69, 9.17) is 19.6 Å². The molecular formula is C6H13O8P. The summed E-state index contributed by atoms with van der Waals surface area (Å²) >= 11 is 0. The summed E-state index contributed by atoms with van der Waals surface area (Å²) in [6.45, 7) is -1.05. The van der Waals surface area contributed by atoms with Crippen molar-refractivity contribution in [1.29, 1.82) is 0 Å². The number of ether oxygens (including phenoxy) is 1. The number of hydrogen-bond acceptors (Lipinski definition) is 6. The molecule has 0 spiro atoms. The molecule has 90 valence electrons. The van der Waals surface area contributed by atoms with Crippen molar-refractivity contribution >= 4 is 7.82 Å². The van der Waals surface area contributed by atoms with Gasteiger partial charge in [-0.15, -0.1) is 0 Å². The van der Waals surface area contributed by atoms with Gasteiger partial charge in [0.2, 0.25) is 0 Å². The summed E-state index contributed by atoms with van der Waals surface area (Å²) < 4.78 is 19.4. The minimum atomic E-state index is -4.63. The van der Waals surface area contributed by atoms with E-state index in [1.165, 1.54) is 0 Å². The Morgan fingerprint density at radius 3 is 2.13 bits per heavy atom. The van der Waals surface area contributed by atoms with Crippen LogP contribution in [0.15, 0.2) is 0 Å². The number of phosphoric acid groups is 1. The molecule has 1 heterocycles. The van der Waals surface area contributed by atoms with Crippen molar-refractivity contribution in [3.8, 4) is 0 Å². The van der Waals surface area contributed by atoms with E-state index < -0.39 is 45.5 Å². The van der Waals surface area contributed by atoms with Gasteiger partial charge < -0.3 is 29.8 Å². The van der Waals surface area contributed by atoms with Gasteiger partial charge in [-0.3, -0.25) is 4.52 Å². The highest BCUT2D eigenvalue weighted by atomic mass is 31.2. The summed E-state index contributed by atoms with van der Waals surface area (Å²) in [5, 5.41) is 27.3. The summed E-state index contributed by atoms with van der Waals surface area (Å²) in [5.74, 6) is 0. The second kappa shape index (κ2) is 4.86. The van der Waals surface area contributed by atoms with Gasteiger partial charge in [-0.25, -0.2) is 4.57 Å². The minimum Gasteiger partial charge on any atom is -0.394 e. The van der Waals surface area contributed by atoms with Crippen molar-refractivity contribution in [3.05, 3.63) is 0 Å². The fourth-order valence-corrected chi connectivity index (χ4v) is 1.63. The maximum absolute atomic E-state index is 10.4. The number of rotatable bonds is 4. The Kier molecular flexibility index (Phi) is 4.21. The predicted octanol–water partition coefficient (Wildman–Crippen LogP) is -2.42. The Bertz CT molecular complexity index is 252. The van der Waals surface area contributed by atoms with E-state index >= 15 is 0 Å². The summed E-state index contributed by atoms with van der Waals surface area (Å²) in [5.41, 5.74) is 0. The summed E-state index contributed by atoms with van der Waals surface area (Å²) in [4.78, 5) is 16.8. The highest BCUT2D eigenvalue weighted by Crippen LogP contribution is 2.37. The highest BCUT2D eigenvalue weighted by Gasteiger charge is 2.43. The Morgan fingerprint density at radius 1 is 1.20 bits per heavy atom. The molecule has 1 aliphatic heterocycles. The zero-order valence-corrected chi connectivity index (χ0v) is 8.53. The predicted molar refractivity (Wildman–Crippen MR) is 45.8 cm³/mol. The van der Waals surface area contributed by atoms with Crippen LogP contribution in [0.25, 0.3) is 0 Å². The Hall–Kier alpha value is -0.0500. The summed E-state index contributed by atoms with van der Waals surface area (Å²) in [6.07, 6.45) is -4.66. The van der Waals surface area contributed by atoms with Gasteiger partial charge in [0.1, 0.15) is 24.4 Å². The average molecular weight is 244 g/mol. The molecule has 0 saturated carbocycles. The van der Waals surface area contributed by atoms with Gasteiger partial charge in [0.05, 0.1) is 13.2 Å². The van der Waals surface area contributed by atoms with Crippen LogP contribution >= 0.6 is 7.82 Å². The Morgan fingerprint density at radius 2 is 1.73 bits per heavy atom. The van der Waals surface area contributed by atoms with Crippen LogP contribution in [0.1, 0.15) is 0 Å². The van der Waals surface area contributed by atoms with Crippen molar-refractivity contribution < 1.29 is 38.9 Å². The number of hydrogen-bond donors (Lipinski definition) is 5. The van der Waals surface area contributed by atoms with E-state index in [0.717, 1.165) is 0 Å². The molecule has 2 unspecified atom stereocenters. The number of aliphatic hydroxyl groups is 3. The molecule has 0 aromatic carbocycles. The van der Waals surface area contributed by atoms with Gasteiger partial charge in [-0.1, -0.05) is 0 Å². The van der Waals surface area contributed by atoms with Crippen molar-refractivity contribution in [3.63, 3.8) is 0 Å². The number of aliphatic hydroxyl groups excluding tert-OH is 3. The third-order valence-corrected chi connectivity index (χ3v) is 2.53. The summed E-state index contributed by atoms with van der Waals surface area (Å²) in [6, 6.07) is 0. The first-order valence-corrected chi connectivity index (χ1v) is 5.70. The van der Waals surface area contributed by atoms with E-state index in [2.05, 4.69) is 4.52 Å². The molecule has 0 aromatic rings. The van der Waals surface area contributed by atoms with Crippen LogP contribution in [0.2, 0.25) is 0 Å². The Balaban J connectivity index is 2.47. The van der Waals surface area contributed by atoms with Gasteiger partial charge in [-0.2, -0.15) is 0 Å². The second-order valence-electron chi connectivity index (χ2n) is 3.16. The third kappa shape index (κ3) is 3.47. The lowest BCUT2D eigenvalue weighted by Crippen LogP contribution is -2.35. The van der Waals surface area contributed by atoms with Gasteiger partial charge in [-0.05, 0) is 0 Å². The first-order chi connectivity index (χ1) is 6.85. The molecule has 1 aliphatic rings. The molecule has 1 fully saturated rings. The van der Waals surface area contributed by atoms with E-state index in [1.54, 1.807) is 0 Å². The van der Waals surface area contributed by atoms with Crippen LogP contribution in [-0.4, -0.2) is 62.7 Å². The Labute approximate surface area is 85.3 Å². The van der Waals surface area contributed by atoms with Crippen LogP contribution in [0, 0.1) is 0 Å². The van der Waals surface area contributed by atoms with E-state index in [1.807, 2.05) is 0 Å². The second-order valence-corrected chi connectivity index (χ2v) is 4.40. The smallest absolute Gasteiger partial charge is 0.394 e. The zero-order chi connectivity index (χ0) is 11.6. The molecule has 1 rings (SSSR count). The topological polar surface area (TPSA) is 137 Å². The first-order valence-electron chi connectivity index (χ1n) is 4.17. The van der Waals surface area contributed by atoms with Crippen LogP contribution < -0.4 is 0 Å². The maximum Gasteiger partial charge on any atom is 0.469 e. The lowest BCUT2D eigenvalue weighted by molar-refractivity contribution is -0.0388. The first kappa shape index (κ1) is 13.0. The van der Waals surface area contributed by atoms with Crippen molar-refractivity contribution in [2.24, 2.45) is 0 Å². The molecule has 5 N–H and O–H groups in total. The van der Waals surface area contributed by atoms with E-state index in [0.29, 0.717) is 0 Å². The van der Waals surface area contributed by atoms with Gasteiger partial charge in [0, 0.05) is 0 Å². The molecule has 0 amide bonds. The third-order valence-electron chi connectivity index (χ3n) is 2.05. The minimum absolute atomic E-state index is 0.495. The molecular weight excluding hydrogens is 231 g/mol. The maximum atomic E-state index is 10.4. The average Bonchev–Trinajstić information content (AvgIpc) is 2.40. The zero-order valence-electron chi connectivity index (χ0n) is 7.63. The quantitative estimate of drug-likeness (QED) is 0.344. The van der Waals surface area contributed by atoms with Crippen LogP contribution in [0.5, 0.6) is 0 Å². The SMILES string of the molecule is O=P(O)(O)OC[C@@H]1O[C@@H](CO)C(O)C1O. The van der Waals surface area contributed by atoms with Crippen molar-refractivity contribution in [2.45, 2.75) is 24.4 Å². The summed E-state index contributed by atoms with van der Waals surface area (Å²) in [7, 11) is -4.63. The van der Waals surface area contributed by atoms with Crippen LogP contribution in [0.4, 0.5) is 0 Å². The standard InChI is InChI=1S/C6H13O8P/c7-1-3-5(8)6(9)4(14-3)2-13-15(10,11)12/h3-9H,1-2H2,(H2,10,11,12)/t3-,4-,5?,6?/m0/s1. The molecule has 15 heavy (non-hydrogen) atoms. The van der Waals surface area contributed by atoms with Gasteiger partial charge in [0.15, 0.2) is 0 Å². The molecule has 8 nitrogen and oxygen atoms in total. The fraction of sp³-hybridized carbons (Fsp3) is 1.00. The molecule has 0 radical (unpaired) electrons. The molecule has 0 aromatic heterocycles. The van der Waals surface area contributed by atoms with E-state index in [9.17, 15) is 14.8 Å². The van der Waals surface area contributed by atoms with Gasteiger partial charge in [0.25, 0.3) is 0 Å². The van der Waals surface area contributed by atoms with Gasteiger partial charge >= 0.3 is 7.82 Å². The molecule has 0 bridgehead atoms. The highest BCUT2D eigenvalue weighted by molar-refractivity contribution is 7.46. The number of phosphoric ester groups is 1. The van der Waals surface area contributed by atoms with Crippen LogP contribution in [0.3, 0.4) is 0 Å². The van der Waals surface area contributed by atoms with Crippen molar-refractivity contribution in [1.82, 2.24) is 0 Å². The fourth-order valence-electron chi connectivity index (χ4n) is 1.28. The molecule has 4 atom stereocenters. The molecule has 0 aliphatic carbocycles.